The van der Waals surface area contributed by atoms with Crippen molar-refractivity contribution in [2.24, 2.45) is 10.9 Å². The van der Waals surface area contributed by atoms with E-state index in [1.807, 2.05) is 0 Å². The highest BCUT2D eigenvalue weighted by Gasteiger charge is 2.20. The Hall–Kier alpha value is -0.870. The van der Waals surface area contributed by atoms with Gasteiger partial charge in [-0.3, -0.25) is 4.99 Å². The molecule has 2 rings (SSSR count). The van der Waals surface area contributed by atoms with Crippen molar-refractivity contribution in [3.63, 3.8) is 0 Å². The molecule has 148 valence electrons. The van der Waals surface area contributed by atoms with Crippen LogP contribution in [0.2, 0.25) is 5.02 Å². The first-order valence-corrected chi connectivity index (χ1v) is 8.71. The minimum absolute atomic E-state index is 0. The Morgan fingerprint density at radius 2 is 2.12 bits per heavy atom. The van der Waals surface area contributed by atoms with Crippen LogP contribution in [0.1, 0.15) is 24.8 Å². The van der Waals surface area contributed by atoms with E-state index in [4.69, 9.17) is 16.3 Å². The summed E-state index contributed by atoms with van der Waals surface area (Å²) in [4.78, 5) is 4.10. The van der Waals surface area contributed by atoms with Crippen LogP contribution in [0.25, 0.3) is 0 Å². The summed E-state index contributed by atoms with van der Waals surface area (Å²) >= 11 is 5.93. The Labute approximate surface area is 174 Å². The monoisotopic (exact) mass is 503 g/mol. The highest BCUT2D eigenvalue weighted by atomic mass is 127. The number of rotatable bonds is 10. The molecule has 0 unspecified atom stereocenters. The number of ether oxygens (including phenoxy) is 2. The highest BCUT2D eigenvalue weighted by molar-refractivity contribution is 14.0. The Kier molecular flexibility index (Phi) is 11.1. The van der Waals surface area contributed by atoms with Crippen molar-refractivity contribution in [3.05, 3.63) is 28.8 Å². The molecule has 1 aliphatic carbocycles. The molecule has 0 aromatic heterocycles. The molecule has 1 aliphatic rings. The van der Waals surface area contributed by atoms with Crippen LogP contribution in [-0.4, -0.2) is 39.4 Å². The van der Waals surface area contributed by atoms with Gasteiger partial charge in [-0.25, -0.2) is 0 Å². The average molecular weight is 504 g/mol. The Bertz CT molecular complexity index is 575. The van der Waals surface area contributed by atoms with E-state index in [-0.39, 0.29) is 36.3 Å². The topological polar surface area (TPSA) is 54.9 Å². The van der Waals surface area contributed by atoms with Crippen molar-refractivity contribution < 1.29 is 18.3 Å². The molecule has 0 aliphatic heterocycles. The van der Waals surface area contributed by atoms with Gasteiger partial charge in [0.2, 0.25) is 0 Å². The smallest absolute Gasteiger partial charge is 0.387 e. The largest absolute Gasteiger partial charge is 0.434 e. The number of alkyl halides is 2. The zero-order chi connectivity index (χ0) is 18.1. The second-order valence-corrected chi connectivity index (χ2v) is 6.29. The lowest BCUT2D eigenvalue weighted by Crippen LogP contribution is -2.37. The van der Waals surface area contributed by atoms with Crippen LogP contribution in [0.3, 0.4) is 0 Å². The fourth-order valence-corrected chi connectivity index (χ4v) is 2.41. The van der Waals surface area contributed by atoms with Crippen molar-refractivity contribution in [1.29, 1.82) is 0 Å². The number of hydrogen-bond acceptors (Lipinski definition) is 3. The molecule has 0 atom stereocenters. The molecule has 0 heterocycles. The summed E-state index contributed by atoms with van der Waals surface area (Å²) in [7, 11) is 1.65. The summed E-state index contributed by atoms with van der Waals surface area (Å²) in [5.41, 5.74) is 0.531. The quantitative estimate of drug-likeness (QED) is 0.219. The summed E-state index contributed by atoms with van der Waals surface area (Å²) < 4.78 is 35.0. The summed E-state index contributed by atoms with van der Waals surface area (Å²) in [6.45, 7) is -0.343. The molecule has 0 bridgehead atoms. The predicted octanol–water partition coefficient (Wildman–Crippen LogP) is 4.04. The minimum atomic E-state index is -2.88. The summed E-state index contributed by atoms with van der Waals surface area (Å²) in [6.07, 6.45) is 3.44. The van der Waals surface area contributed by atoms with Crippen LogP contribution >= 0.6 is 35.6 Å². The van der Waals surface area contributed by atoms with Crippen molar-refractivity contribution >= 4 is 41.5 Å². The lowest BCUT2D eigenvalue weighted by molar-refractivity contribution is -0.0504. The third-order valence-electron chi connectivity index (χ3n) is 3.72. The van der Waals surface area contributed by atoms with Crippen LogP contribution in [0.4, 0.5) is 8.78 Å². The molecule has 0 amide bonds. The number of halogens is 4. The van der Waals surface area contributed by atoms with Crippen molar-refractivity contribution in [2.45, 2.75) is 32.4 Å². The summed E-state index contributed by atoms with van der Waals surface area (Å²) in [5.74, 6) is 1.44. The first kappa shape index (κ1) is 23.2. The molecule has 2 N–H and O–H groups in total. The van der Waals surface area contributed by atoms with E-state index in [0.29, 0.717) is 29.7 Å². The van der Waals surface area contributed by atoms with Crippen molar-refractivity contribution in [2.75, 3.05) is 26.8 Å². The van der Waals surface area contributed by atoms with Gasteiger partial charge in [0.1, 0.15) is 5.75 Å². The number of guanidine groups is 1. The van der Waals surface area contributed by atoms with Gasteiger partial charge in [0.05, 0.1) is 0 Å². The Morgan fingerprint density at radius 3 is 2.77 bits per heavy atom. The molecule has 1 aromatic carbocycles. The van der Waals surface area contributed by atoms with Crippen LogP contribution in [0.15, 0.2) is 23.2 Å². The molecule has 0 radical (unpaired) electrons. The third-order valence-corrected chi connectivity index (χ3v) is 3.95. The second kappa shape index (κ2) is 12.5. The zero-order valence-electron chi connectivity index (χ0n) is 14.6. The van der Waals surface area contributed by atoms with Crippen LogP contribution in [0.5, 0.6) is 5.75 Å². The average Bonchev–Trinajstić information content (AvgIpc) is 3.39. The van der Waals surface area contributed by atoms with Gasteiger partial charge in [-0.2, -0.15) is 8.78 Å². The maximum absolute atomic E-state index is 12.5. The van der Waals surface area contributed by atoms with E-state index >= 15 is 0 Å². The number of benzene rings is 1. The van der Waals surface area contributed by atoms with Crippen molar-refractivity contribution in [3.8, 4) is 5.75 Å². The molecule has 26 heavy (non-hydrogen) atoms. The van der Waals surface area contributed by atoms with Gasteiger partial charge in [0.15, 0.2) is 5.96 Å². The maximum Gasteiger partial charge on any atom is 0.387 e. The van der Waals surface area contributed by atoms with Crippen molar-refractivity contribution in [1.82, 2.24) is 10.6 Å². The van der Waals surface area contributed by atoms with E-state index in [0.717, 1.165) is 18.9 Å². The molecule has 1 aromatic rings. The van der Waals surface area contributed by atoms with E-state index in [1.54, 1.807) is 13.1 Å². The van der Waals surface area contributed by atoms with E-state index in [9.17, 15) is 8.78 Å². The molecule has 5 nitrogen and oxygen atoms in total. The summed E-state index contributed by atoms with van der Waals surface area (Å²) in [6, 6.07) is 4.53. The lowest BCUT2D eigenvalue weighted by Gasteiger charge is -2.15. The molecular formula is C17H25ClF2IN3O2. The van der Waals surface area contributed by atoms with Gasteiger partial charge < -0.3 is 20.1 Å². The normalized spacial score (nSPS) is 14.1. The summed E-state index contributed by atoms with van der Waals surface area (Å²) in [5, 5.41) is 6.67. The fourth-order valence-electron chi connectivity index (χ4n) is 2.21. The first-order valence-electron chi connectivity index (χ1n) is 8.34. The number of hydrogen-bond donors (Lipinski definition) is 2. The van der Waals surface area contributed by atoms with Gasteiger partial charge in [0.25, 0.3) is 0 Å². The van der Waals surface area contributed by atoms with Crippen LogP contribution in [0, 0.1) is 5.92 Å². The molecule has 9 heteroatoms. The zero-order valence-corrected chi connectivity index (χ0v) is 17.7. The number of nitrogens with one attached hydrogen (secondary N) is 2. The molecule has 0 spiro atoms. The standard InChI is InChI=1S/C17H24ClF2N3O2.HI/c1-21-17(22-7-2-8-24-11-12-3-4-12)23-10-13-9-14(18)5-6-15(13)25-16(19)20;/h5-6,9,12,16H,2-4,7-8,10-11H2,1H3,(H2,21,22,23);1H. The van der Waals surface area contributed by atoms with Gasteiger partial charge >= 0.3 is 6.61 Å². The second-order valence-electron chi connectivity index (χ2n) is 5.85. The first-order chi connectivity index (χ1) is 12.1. The Balaban J connectivity index is 0.00000338. The Morgan fingerprint density at radius 1 is 1.35 bits per heavy atom. The number of aliphatic imine (C=N–C) groups is 1. The van der Waals surface area contributed by atoms with Crippen LogP contribution < -0.4 is 15.4 Å². The fraction of sp³-hybridized carbons (Fsp3) is 0.588. The molecule has 1 fully saturated rings. The lowest BCUT2D eigenvalue weighted by atomic mass is 10.2. The third kappa shape index (κ3) is 9.18. The molecule has 0 saturated heterocycles. The van der Waals surface area contributed by atoms with Crippen LogP contribution in [-0.2, 0) is 11.3 Å². The van der Waals surface area contributed by atoms with Gasteiger partial charge in [-0.15, -0.1) is 24.0 Å². The van der Waals surface area contributed by atoms with Gasteiger partial charge in [0, 0.05) is 43.9 Å². The number of nitrogens with zero attached hydrogens (tertiary/aromatic N) is 1. The SMILES string of the molecule is CN=C(NCCCOCC1CC1)NCc1cc(Cl)ccc1OC(F)F.I. The van der Waals surface area contributed by atoms with E-state index in [1.165, 1.54) is 25.0 Å². The predicted molar refractivity (Wildman–Crippen MR) is 110 cm³/mol. The van der Waals surface area contributed by atoms with E-state index in [2.05, 4.69) is 20.4 Å². The van der Waals surface area contributed by atoms with Gasteiger partial charge in [-0.05, 0) is 43.4 Å². The molecular weight excluding hydrogens is 479 g/mol. The molecule has 1 saturated carbocycles. The van der Waals surface area contributed by atoms with Gasteiger partial charge in [-0.1, -0.05) is 11.6 Å². The minimum Gasteiger partial charge on any atom is -0.434 e. The van der Waals surface area contributed by atoms with E-state index < -0.39 is 6.61 Å². The highest BCUT2D eigenvalue weighted by Crippen LogP contribution is 2.28. The maximum atomic E-state index is 12.5.